The minimum atomic E-state index is 0.997. The molecule has 0 aromatic heterocycles. The largest absolute Gasteiger partial charge is 0.0888 e. The van der Waals surface area contributed by atoms with Gasteiger partial charge in [0.1, 0.15) is 0 Å². The molecule has 0 saturated carbocycles. The van der Waals surface area contributed by atoms with Crippen molar-refractivity contribution in [1.82, 2.24) is 0 Å². The predicted octanol–water partition coefficient (Wildman–Crippen LogP) is 2.72. The first-order chi connectivity index (χ1) is 3.91. The second-order valence-corrected chi connectivity index (χ2v) is 1.69. The Labute approximate surface area is 51.9 Å². The van der Waals surface area contributed by atoms with Gasteiger partial charge in [-0.15, -0.1) is 0 Å². The lowest BCUT2D eigenvalue weighted by Crippen LogP contribution is -1.61. The van der Waals surface area contributed by atoms with Crippen LogP contribution < -0.4 is 0 Å². The Bertz CT molecular complexity index is 70.1. The Morgan fingerprint density at radius 1 is 1.25 bits per heavy atom. The van der Waals surface area contributed by atoms with Crippen molar-refractivity contribution in [1.29, 1.82) is 0 Å². The molecule has 0 aromatic rings. The molecule has 0 heteroatoms. The van der Waals surface area contributed by atoms with Gasteiger partial charge in [0, 0.05) is 0 Å². The van der Waals surface area contributed by atoms with Gasteiger partial charge in [-0.1, -0.05) is 31.7 Å². The third-order valence-corrected chi connectivity index (χ3v) is 0.902. The van der Waals surface area contributed by atoms with Gasteiger partial charge in [0.05, 0.1) is 0 Å². The summed E-state index contributed by atoms with van der Waals surface area (Å²) in [4.78, 5) is 0. The van der Waals surface area contributed by atoms with E-state index in [-0.39, 0.29) is 0 Å². The van der Waals surface area contributed by atoms with Crippen molar-refractivity contribution < 1.29 is 0 Å². The average Bonchev–Trinajstić information content (AvgIpc) is 1.81. The van der Waals surface area contributed by atoms with Crippen LogP contribution in [-0.2, 0) is 0 Å². The minimum Gasteiger partial charge on any atom is -0.0888 e. The second-order valence-electron chi connectivity index (χ2n) is 1.69. The molecule has 0 spiro atoms. The van der Waals surface area contributed by atoms with Crippen LogP contribution in [0.4, 0.5) is 0 Å². The first-order valence-corrected chi connectivity index (χ1v) is 3.10. The average molecular weight is 109 g/mol. The summed E-state index contributed by atoms with van der Waals surface area (Å²) < 4.78 is 0. The summed E-state index contributed by atoms with van der Waals surface area (Å²) in [6.45, 7) is 7.28. The molecule has 0 unspecified atom stereocenters. The highest BCUT2D eigenvalue weighted by molar-refractivity contribution is 4.82. The smallest absolute Gasteiger partial charge is 0.0313 e. The van der Waals surface area contributed by atoms with Gasteiger partial charge in [0.15, 0.2) is 0 Å². The summed E-state index contributed by atoms with van der Waals surface area (Å²) >= 11 is 0. The van der Waals surface area contributed by atoms with E-state index in [0.717, 1.165) is 19.3 Å². The molecule has 0 nitrogen and oxygen atoms in total. The van der Waals surface area contributed by atoms with E-state index < -0.39 is 0 Å². The van der Waals surface area contributed by atoms with E-state index in [1.807, 2.05) is 0 Å². The Kier molecular flexibility index (Phi) is 6.06. The molecule has 0 atom stereocenters. The molecule has 0 amide bonds. The maximum atomic E-state index is 5.15. The molecule has 0 rings (SSSR count). The van der Waals surface area contributed by atoms with E-state index >= 15 is 0 Å². The number of hydrogen-bond donors (Lipinski definition) is 0. The molecule has 0 aromatic carbocycles. The molecule has 45 valence electrons. The van der Waals surface area contributed by atoms with Gasteiger partial charge in [0.2, 0.25) is 0 Å². The number of rotatable bonds is 4. The molecule has 0 saturated heterocycles. The van der Waals surface area contributed by atoms with Gasteiger partial charge in [-0.2, -0.15) is 0 Å². The lowest BCUT2D eigenvalue weighted by atomic mass is 10.3. The first-order valence-electron chi connectivity index (χ1n) is 3.10. The Morgan fingerprint density at radius 2 is 2.00 bits per heavy atom. The highest BCUT2D eigenvalue weighted by Gasteiger charge is 1.71. The quantitative estimate of drug-likeness (QED) is 0.384. The van der Waals surface area contributed by atoms with Crippen molar-refractivity contribution in [2.75, 3.05) is 0 Å². The topological polar surface area (TPSA) is 0 Å². The summed E-state index contributed by atoms with van der Waals surface area (Å²) in [5.41, 5.74) is 0. The number of hydrogen-bond acceptors (Lipinski definition) is 0. The second kappa shape index (κ2) is 6.48. The maximum Gasteiger partial charge on any atom is -0.0313 e. The fraction of sp³-hybridized carbons (Fsp3) is 0.500. The van der Waals surface area contributed by atoms with Crippen LogP contribution in [0.3, 0.4) is 0 Å². The van der Waals surface area contributed by atoms with Crippen LogP contribution in [0.1, 0.15) is 26.2 Å². The molecule has 0 N–H and O–H groups in total. The zero-order valence-electron chi connectivity index (χ0n) is 5.43. The van der Waals surface area contributed by atoms with Gasteiger partial charge in [-0.05, 0) is 19.3 Å². The van der Waals surface area contributed by atoms with Crippen LogP contribution >= 0.6 is 0 Å². The molecular formula is C8H13. The lowest BCUT2D eigenvalue weighted by Gasteiger charge is -1.81. The summed E-state index contributed by atoms with van der Waals surface area (Å²) in [6.07, 6.45) is 9.22. The molecule has 0 aliphatic rings. The van der Waals surface area contributed by atoms with Crippen molar-refractivity contribution in [3.8, 4) is 0 Å². The van der Waals surface area contributed by atoms with Gasteiger partial charge < -0.3 is 0 Å². The van der Waals surface area contributed by atoms with E-state index in [4.69, 9.17) is 6.58 Å². The summed E-state index contributed by atoms with van der Waals surface area (Å²) in [5.74, 6) is 0. The van der Waals surface area contributed by atoms with Crippen LogP contribution in [-0.4, -0.2) is 0 Å². The minimum absolute atomic E-state index is 0.997. The SMILES string of the molecule is [CH]=CCC/C=C\CC. The van der Waals surface area contributed by atoms with Crippen LogP contribution in [0.2, 0.25) is 0 Å². The molecular weight excluding hydrogens is 96.1 g/mol. The van der Waals surface area contributed by atoms with Crippen molar-refractivity contribution in [2.45, 2.75) is 26.2 Å². The normalized spacial score (nSPS) is 10.1. The fourth-order valence-electron chi connectivity index (χ4n) is 0.477. The molecule has 0 heterocycles. The van der Waals surface area contributed by atoms with E-state index in [1.165, 1.54) is 0 Å². The highest BCUT2D eigenvalue weighted by atomic mass is 13.8. The predicted molar refractivity (Wildman–Crippen MR) is 37.5 cm³/mol. The summed E-state index contributed by atoms with van der Waals surface area (Å²) in [6, 6.07) is 0. The molecule has 0 aliphatic heterocycles. The van der Waals surface area contributed by atoms with Crippen LogP contribution in [0.5, 0.6) is 0 Å². The van der Waals surface area contributed by atoms with Crippen LogP contribution in [0.25, 0.3) is 0 Å². The Morgan fingerprint density at radius 3 is 2.50 bits per heavy atom. The van der Waals surface area contributed by atoms with Gasteiger partial charge in [-0.25, -0.2) is 0 Å². The van der Waals surface area contributed by atoms with E-state index in [0.29, 0.717) is 0 Å². The first kappa shape index (κ1) is 7.48. The third kappa shape index (κ3) is 5.48. The third-order valence-electron chi connectivity index (χ3n) is 0.902. The Hall–Kier alpha value is -0.520. The zero-order valence-corrected chi connectivity index (χ0v) is 5.43. The molecule has 0 bridgehead atoms. The van der Waals surface area contributed by atoms with E-state index in [9.17, 15) is 0 Å². The van der Waals surface area contributed by atoms with E-state index in [1.54, 1.807) is 6.08 Å². The maximum absolute atomic E-state index is 5.15. The molecule has 0 fully saturated rings. The molecule has 8 heavy (non-hydrogen) atoms. The van der Waals surface area contributed by atoms with Gasteiger partial charge in [-0.3, -0.25) is 0 Å². The highest BCUT2D eigenvalue weighted by Crippen LogP contribution is 1.91. The fourth-order valence-corrected chi connectivity index (χ4v) is 0.477. The van der Waals surface area contributed by atoms with Crippen molar-refractivity contribution in [3.05, 3.63) is 24.8 Å². The number of unbranched alkanes of at least 4 members (excludes halogenated alkanes) is 1. The van der Waals surface area contributed by atoms with Gasteiger partial charge in [0.25, 0.3) is 0 Å². The van der Waals surface area contributed by atoms with Crippen LogP contribution in [0.15, 0.2) is 18.2 Å². The van der Waals surface area contributed by atoms with Crippen molar-refractivity contribution in [2.24, 2.45) is 0 Å². The lowest BCUT2D eigenvalue weighted by molar-refractivity contribution is 1.04. The molecule has 1 radical (unpaired) electrons. The standard InChI is InChI=1S/C8H13/c1-3-5-7-8-6-4-2/h1,3,6,8H,4-5,7H2,2H3/b3-1?,8-6-. The molecule has 0 aliphatic carbocycles. The van der Waals surface area contributed by atoms with Crippen molar-refractivity contribution in [3.63, 3.8) is 0 Å². The van der Waals surface area contributed by atoms with Crippen molar-refractivity contribution >= 4 is 0 Å². The summed E-state index contributed by atoms with van der Waals surface area (Å²) in [5, 5.41) is 0. The Balaban J connectivity index is 2.90. The monoisotopic (exact) mass is 109 g/mol. The van der Waals surface area contributed by atoms with Crippen LogP contribution in [0, 0.1) is 6.58 Å². The zero-order chi connectivity index (χ0) is 6.24. The summed E-state index contributed by atoms with van der Waals surface area (Å²) in [7, 11) is 0. The van der Waals surface area contributed by atoms with Gasteiger partial charge >= 0.3 is 0 Å². The van der Waals surface area contributed by atoms with E-state index in [2.05, 4.69) is 19.1 Å². The number of allylic oxidation sites excluding steroid dienone is 3.